The molecule has 0 bridgehead atoms. The van der Waals surface area contributed by atoms with Gasteiger partial charge in [-0.05, 0) is 61.8 Å². The van der Waals surface area contributed by atoms with E-state index in [1.54, 1.807) is 11.3 Å². The average molecular weight is 510 g/mol. The number of thiophene rings is 1. The molecule has 2 aromatic heterocycles. The highest BCUT2D eigenvalue weighted by Crippen LogP contribution is 2.40. The Hall–Kier alpha value is -2.83. The van der Waals surface area contributed by atoms with E-state index in [9.17, 15) is 10.1 Å². The number of carbonyl (C=O) groups is 1. The van der Waals surface area contributed by atoms with Crippen LogP contribution in [0.2, 0.25) is 0 Å². The van der Waals surface area contributed by atoms with Crippen molar-refractivity contribution >= 4 is 34.0 Å². The van der Waals surface area contributed by atoms with Gasteiger partial charge in [0, 0.05) is 11.4 Å². The maximum atomic E-state index is 12.7. The van der Waals surface area contributed by atoms with E-state index in [0.29, 0.717) is 34.8 Å². The lowest BCUT2D eigenvalue weighted by atomic mass is 9.86. The van der Waals surface area contributed by atoms with Gasteiger partial charge in [0.1, 0.15) is 23.4 Å². The highest BCUT2D eigenvalue weighted by Gasteiger charge is 2.26. The summed E-state index contributed by atoms with van der Waals surface area (Å²) in [6.45, 7) is 7.34. The first kappa shape index (κ1) is 25.3. The van der Waals surface area contributed by atoms with Crippen molar-refractivity contribution in [2.24, 2.45) is 5.92 Å². The van der Waals surface area contributed by atoms with Gasteiger partial charge in [-0.3, -0.25) is 4.79 Å². The van der Waals surface area contributed by atoms with Crippen molar-refractivity contribution in [1.82, 2.24) is 14.8 Å². The number of anilines is 1. The summed E-state index contributed by atoms with van der Waals surface area (Å²) in [4.78, 5) is 14.0. The Bertz CT molecular complexity index is 1210. The summed E-state index contributed by atoms with van der Waals surface area (Å²) in [7, 11) is 0. The number of hydrogen-bond donors (Lipinski definition) is 1. The van der Waals surface area contributed by atoms with Crippen LogP contribution in [0.5, 0.6) is 5.75 Å². The van der Waals surface area contributed by atoms with Crippen molar-refractivity contribution in [2.45, 2.75) is 71.2 Å². The minimum absolute atomic E-state index is 0.142. The zero-order valence-corrected chi connectivity index (χ0v) is 22.1. The van der Waals surface area contributed by atoms with Crippen molar-refractivity contribution in [3.8, 4) is 11.8 Å². The first-order valence-corrected chi connectivity index (χ1v) is 14.0. The van der Waals surface area contributed by atoms with E-state index < -0.39 is 0 Å². The Balaban J connectivity index is 1.36. The van der Waals surface area contributed by atoms with Gasteiger partial charge in [0.05, 0.1) is 11.3 Å². The smallest absolute Gasteiger partial charge is 0.235 e. The van der Waals surface area contributed by atoms with Crippen LogP contribution >= 0.6 is 23.1 Å². The average Bonchev–Trinajstić information content (AvgIpc) is 3.45. The summed E-state index contributed by atoms with van der Waals surface area (Å²) >= 11 is 2.90. The fourth-order valence-corrected chi connectivity index (χ4v) is 6.47. The third-order valence-corrected chi connectivity index (χ3v) is 8.59. The number of aryl methyl sites for hydroxylation is 1. The quantitative estimate of drug-likeness (QED) is 0.357. The number of fused-ring (bicyclic) bond motifs is 1. The van der Waals surface area contributed by atoms with Crippen LogP contribution in [-0.2, 0) is 37.2 Å². The number of nitrogens with zero attached hydrogens (tertiary/aromatic N) is 4. The zero-order chi connectivity index (χ0) is 24.8. The highest BCUT2D eigenvalue weighted by molar-refractivity contribution is 7.99. The molecule has 1 aliphatic rings. The van der Waals surface area contributed by atoms with Gasteiger partial charge in [-0.15, -0.1) is 21.5 Å². The third-order valence-electron chi connectivity index (χ3n) is 6.45. The molecule has 0 spiro atoms. The Morgan fingerprint density at radius 2 is 2.09 bits per heavy atom. The van der Waals surface area contributed by atoms with Gasteiger partial charge in [0.15, 0.2) is 11.0 Å². The maximum Gasteiger partial charge on any atom is 0.235 e. The number of rotatable bonds is 10. The number of amides is 1. The summed E-state index contributed by atoms with van der Waals surface area (Å²) in [5.74, 6) is 2.23. The number of aromatic nitrogens is 3. The molecule has 7 nitrogen and oxygen atoms in total. The normalized spacial score (nSPS) is 14.9. The second-order valence-corrected chi connectivity index (χ2v) is 10.7. The molecule has 4 rings (SSSR count). The van der Waals surface area contributed by atoms with Crippen molar-refractivity contribution in [3.63, 3.8) is 0 Å². The summed E-state index contributed by atoms with van der Waals surface area (Å²) in [6.07, 6.45) is 5.17. The number of ether oxygens (including phenoxy) is 1. The molecule has 184 valence electrons. The minimum atomic E-state index is -0.142. The molecule has 1 unspecified atom stereocenters. The number of nitrogens with one attached hydrogen (secondary N) is 1. The van der Waals surface area contributed by atoms with E-state index in [-0.39, 0.29) is 11.7 Å². The van der Waals surface area contributed by atoms with E-state index >= 15 is 0 Å². The van der Waals surface area contributed by atoms with Crippen LogP contribution in [0.15, 0.2) is 29.4 Å². The lowest BCUT2D eigenvalue weighted by Crippen LogP contribution is -2.15. The first-order valence-electron chi connectivity index (χ1n) is 12.2. The second-order valence-electron chi connectivity index (χ2n) is 8.60. The van der Waals surface area contributed by atoms with Crippen molar-refractivity contribution in [2.75, 3.05) is 11.1 Å². The molecule has 0 aliphatic heterocycles. The van der Waals surface area contributed by atoms with Gasteiger partial charge in [-0.25, -0.2) is 0 Å². The number of carbonyl (C=O) groups excluding carboxylic acids is 1. The van der Waals surface area contributed by atoms with Crippen LogP contribution in [0, 0.1) is 17.2 Å². The topological polar surface area (TPSA) is 92.8 Å². The second kappa shape index (κ2) is 11.7. The van der Waals surface area contributed by atoms with Gasteiger partial charge in [0.25, 0.3) is 0 Å². The van der Waals surface area contributed by atoms with Crippen LogP contribution in [0.1, 0.15) is 61.0 Å². The van der Waals surface area contributed by atoms with Gasteiger partial charge in [-0.1, -0.05) is 44.2 Å². The largest absolute Gasteiger partial charge is 0.486 e. The standard InChI is InChI=1S/C26H31N5O2S2/c1-4-17-7-10-19(11-8-17)33-15-23-29-30-26(31(23)6-3)34-16-24(32)28-25-21(14-27)20-12-9-18(5-2)13-22(20)35-25/h7-8,10-11,18H,4-6,9,12-13,15-16H2,1-3H3,(H,28,32). The summed E-state index contributed by atoms with van der Waals surface area (Å²) in [5.41, 5.74) is 3.03. The van der Waals surface area contributed by atoms with Gasteiger partial charge < -0.3 is 14.6 Å². The molecular weight excluding hydrogens is 478 g/mol. The van der Waals surface area contributed by atoms with Crippen LogP contribution in [0.3, 0.4) is 0 Å². The van der Waals surface area contributed by atoms with E-state index in [1.807, 2.05) is 23.6 Å². The van der Waals surface area contributed by atoms with Gasteiger partial charge in [0.2, 0.25) is 5.91 Å². The minimum Gasteiger partial charge on any atom is -0.486 e. The molecule has 9 heteroatoms. The Kier molecular flexibility index (Phi) is 8.47. The van der Waals surface area contributed by atoms with E-state index in [1.165, 1.54) is 22.2 Å². The molecule has 1 atom stereocenters. The number of benzene rings is 1. The number of hydrogen-bond acceptors (Lipinski definition) is 7. The fraction of sp³-hybridized carbons (Fsp3) is 0.462. The summed E-state index contributed by atoms with van der Waals surface area (Å²) in [6, 6.07) is 10.4. The molecule has 2 heterocycles. The Morgan fingerprint density at radius 3 is 2.77 bits per heavy atom. The third kappa shape index (κ3) is 5.88. The zero-order valence-electron chi connectivity index (χ0n) is 20.5. The first-order chi connectivity index (χ1) is 17.1. The fourth-order valence-electron chi connectivity index (χ4n) is 4.32. The molecule has 0 saturated heterocycles. The Labute approximate surface area is 214 Å². The molecule has 1 aromatic carbocycles. The Morgan fingerprint density at radius 1 is 1.29 bits per heavy atom. The van der Waals surface area contributed by atoms with E-state index in [0.717, 1.165) is 49.2 Å². The van der Waals surface area contributed by atoms with Crippen molar-refractivity contribution < 1.29 is 9.53 Å². The molecule has 35 heavy (non-hydrogen) atoms. The lowest BCUT2D eigenvalue weighted by Gasteiger charge is -2.20. The predicted octanol–water partition coefficient (Wildman–Crippen LogP) is 5.62. The van der Waals surface area contributed by atoms with Gasteiger partial charge >= 0.3 is 0 Å². The van der Waals surface area contributed by atoms with Crippen molar-refractivity contribution in [3.05, 3.63) is 51.7 Å². The molecule has 1 amide bonds. The van der Waals surface area contributed by atoms with Gasteiger partial charge in [-0.2, -0.15) is 5.26 Å². The van der Waals surface area contributed by atoms with E-state index in [4.69, 9.17) is 4.74 Å². The lowest BCUT2D eigenvalue weighted by molar-refractivity contribution is -0.113. The summed E-state index contributed by atoms with van der Waals surface area (Å²) < 4.78 is 7.86. The molecule has 0 saturated carbocycles. The highest BCUT2D eigenvalue weighted by atomic mass is 32.2. The SMILES string of the molecule is CCc1ccc(OCc2nnc(SCC(=O)Nc3sc4c(c3C#N)CCC(CC)C4)n2CC)cc1. The molecule has 1 aliphatic carbocycles. The van der Waals surface area contributed by atoms with Crippen molar-refractivity contribution in [1.29, 1.82) is 5.26 Å². The molecule has 1 N–H and O–H groups in total. The maximum absolute atomic E-state index is 12.7. The molecule has 3 aromatic rings. The summed E-state index contributed by atoms with van der Waals surface area (Å²) in [5, 5.41) is 22.6. The predicted molar refractivity (Wildman–Crippen MR) is 140 cm³/mol. The number of thioether (sulfide) groups is 1. The van der Waals surface area contributed by atoms with Crippen LogP contribution in [0.25, 0.3) is 0 Å². The van der Waals surface area contributed by atoms with Crippen LogP contribution in [0.4, 0.5) is 5.00 Å². The van der Waals surface area contributed by atoms with E-state index in [2.05, 4.69) is 47.6 Å². The van der Waals surface area contributed by atoms with Crippen LogP contribution < -0.4 is 10.1 Å². The number of nitriles is 1. The van der Waals surface area contributed by atoms with Crippen LogP contribution in [-0.4, -0.2) is 26.4 Å². The molecule has 0 fully saturated rings. The molecule has 0 radical (unpaired) electrons. The molecular formula is C26H31N5O2S2. The monoisotopic (exact) mass is 509 g/mol.